The van der Waals surface area contributed by atoms with Crippen molar-refractivity contribution in [1.29, 1.82) is 4.78 Å². The van der Waals surface area contributed by atoms with Gasteiger partial charge in [0.05, 0.1) is 4.75 Å². The van der Waals surface area contributed by atoms with E-state index in [1.165, 1.54) is 0 Å². The molecule has 0 radical (unpaired) electrons. The third-order valence-electron chi connectivity index (χ3n) is 2.29. The Bertz CT molecular complexity index is 263. The molecule has 0 bridgehead atoms. The fraction of sp³-hybridized carbons (Fsp3) is 1.00. The number of rotatable bonds is 2. The molecule has 4 heteroatoms. The fourth-order valence-electron chi connectivity index (χ4n) is 0.876. The smallest absolute Gasteiger partial charge is 0.110 e. The fourth-order valence-corrected chi connectivity index (χ4v) is 1.98. The van der Waals surface area contributed by atoms with E-state index in [4.69, 9.17) is 4.78 Å². The Morgan fingerprint density at radius 3 is 2.17 bits per heavy atom. The van der Waals surface area contributed by atoms with Crippen LogP contribution in [0, 0.1) is 10.7 Å². The molecular weight excluding hydrogens is 172 g/mol. The van der Waals surface area contributed by atoms with Crippen LogP contribution >= 0.6 is 0 Å². The van der Waals surface area contributed by atoms with Gasteiger partial charge in [-0.3, -0.25) is 0 Å². The van der Waals surface area contributed by atoms with E-state index in [0.717, 1.165) is 6.42 Å². The van der Waals surface area contributed by atoms with Gasteiger partial charge in [-0.05, 0) is 33.1 Å². The average Bonchev–Trinajstić information content (AvgIpc) is 2.41. The summed E-state index contributed by atoms with van der Waals surface area (Å²) in [5, 5.41) is 0. The molecule has 1 fully saturated rings. The minimum Gasteiger partial charge on any atom is -0.240 e. The van der Waals surface area contributed by atoms with Crippen LogP contribution in [0.15, 0.2) is 0 Å². The second-order valence-corrected chi connectivity index (χ2v) is 7.18. The molecule has 72 valence electrons. The van der Waals surface area contributed by atoms with E-state index in [2.05, 4.69) is 11.6 Å². The molecule has 2 N–H and O–H groups in total. The largest absolute Gasteiger partial charge is 0.240 e. The maximum atomic E-state index is 11.8. The Morgan fingerprint density at radius 1 is 1.50 bits per heavy atom. The predicted octanol–water partition coefficient (Wildman–Crippen LogP) is 1.74. The van der Waals surface area contributed by atoms with Crippen LogP contribution < -0.4 is 4.72 Å². The van der Waals surface area contributed by atoms with E-state index in [-0.39, 0.29) is 0 Å². The second-order valence-electron chi connectivity index (χ2n) is 4.61. The van der Waals surface area contributed by atoms with Gasteiger partial charge in [0.15, 0.2) is 0 Å². The third-order valence-corrected chi connectivity index (χ3v) is 4.65. The van der Waals surface area contributed by atoms with Crippen molar-refractivity contribution < 1.29 is 4.21 Å². The zero-order chi connectivity index (χ0) is 9.57. The van der Waals surface area contributed by atoms with Gasteiger partial charge in [-0.2, -0.15) is 0 Å². The lowest BCUT2D eigenvalue weighted by atomic mass is 10.3. The first-order valence-corrected chi connectivity index (χ1v) is 5.85. The molecule has 1 aliphatic rings. The summed E-state index contributed by atoms with van der Waals surface area (Å²) in [4.78, 5) is 0. The van der Waals surface area contributed by atoms with Gasteiger partial charge < -0.3 is 0 Å². The summed E-state index contributed by atoms with van der Waals surface area (Å²) < 4.78 is 21.9. The molecule has 12 heavy (non-hydrogen) atoms. The average molecular weight is 190 g/mol. The zero-order valence-corrected chi connectivity index (χ0v) is 8.99. The van der Waals surface area contributed by atoms with Crippen LogP contribution in [-0.4, -0.2) is 15.0 Å². The molecule has 1 rings (SSSR count). The molecular formula is C8H18N2OS. The summed E-state index contributed by atoms with van der Waals surface area (Å²) in [5.41, 5.74) is 0. The van der Waals surface area contributed by atoms with Crippen LogP contribution in [0.4, 0.5) is 0 Å². The molecule has 3 unspecified atom stereocenters. The summed E-state index contributed by atoms with van der Waals surface area (Å²) in [6.45, 7) is 7.61. The standard InChI is InChI=1S/C8H18N2OS/c1-6-5-7(6)10-12(9,11)8(2,3)4/h6-7H,5H2,1-4H3,(H2,9,10,11). The number of hydrogen-bond donors (Lipinski definition) is 2. The third kappa shape index (κ3) is 1.98. The van der Waals surface area contributed by atoms with Crippen molar-refractivity contribution in [3.8, 4) is 0 Å². The van der Waals surface area contributed by atoms with Gasteiger partial charge >= 0.3 is 0 Å². The lowest BCUT2D eigenvalue weighted by Gasteiger charge is -2.23. The SMILES string of the molecule is CC1CC1NS(=N)(=O)C(C)(C)C. The van der Waals surface area contributed by atoms with Crippen LogP contribution in [0.2, 0.25) is 0 Å². The molecule has 1 saturated carbocycles. The lowest BCUT2D eigenvalue weighted by molar-refractivity contribution is 0.618. The summed E-state index contributed by atoms with van der Waals surface area (Å²) in [6.07, 6.45) is 1.06. The van der Waals surface area contributed by atoms with Gasteiger partial charge in [0.2, 0.25) is 0 Å². The molecule has 1 aliphatic carbocycles. The van der Waals surface area contributed by atoms with E-state index in [9.17, 15) is 4.21 Å². The Balaban J connectivity index is 2.62. The molecule has 0 aromatic heterocycles. The first kappa shape index (κ1) is 9.99. The second kappa shape index (κ2) is 2.70. The highest BCUT2D eigenvalue weighted by Crippen LogP contribution is 2.31. The maximum absolute atomic E-state index is 11.8. The molecule has 0 aromatic carbocycles. The normalized spacial score (nSPS) is 34.3. The molecule has 0 spiro atoms. The van der Waals surface area contributed by atoms with Gasteiger partial charge in [-0.15, -0.1) is 0 Å². The molecule has 0 aliphatic heterocycles. The van der Waals surface area contributed by atoms with Crippen molar-refractivity contribution in [3.05, 3.63) is 0 Å². The lowest BCUT2D eigenvalue weighted by Crippen LogP contribution is -2.39. The van der Waals surface area contributed by atoms with Gasteiger partial charge in [-0.25, -0.2) is 13.7 Å². The van der Waals surface area contributed by atoms with E-state index in [1.54, 1.807) is 0 Å². The van der Waals surface area contributed by atoms with Crippen molar-refractivity contribution in [2.45, 2.75) is 44.9 Å². The van der Waals surface area contributed by atoms with E-state index < -0.39 is 14.7 Å². The molecule has 0 aromatic rings. The summed E-state index contributed by atoms with van der Waals surface area (Å²) in [5.74, 6) is 0.596. The summed E-state index contributed by atoms with van der Waals surface area (Å²) in [6, 6.07) is 0.314. The van der Waals surface area contributed by atoms with Crippen LogP contribution in [0.5, 0.6) is 0 Å². The molecule has 3 nitrogen and oxygen atoms in total. The molecule has 3 atom stereocenters. The molecule has 0 saturated heterocycles. The van der Waals surface area contributed by atoms with Crippen LogP contribution in [0.25, 0.3) is 0 Å². The topological polar surface area (TPSA) is 53.0 Å². The Labute approximate surface area is 75.0 Å². The van der Waals surface area contributed by atoms with E-state index in [0.29, 0.717) is 12.0 Å². The van der Waals surface area contributed by atoms with E-state index >= 15 is 0 Å². The highest BCUT2D eigenvalue weighted by atomic mass is 32.2. The zero-order valence-electron chi connectivity index (χ0n) is 8.18. The van der Waals surface area contributed by atoms with E-state index in [1.807, 2.05) is 20.8 Å². The van der Waals surface area contributed by atoms with Crippen molar-refractivity contribution in [2.24, 2.45) is 5.92 Å². The quantitative estimate of drug-likeness (QED) is 0.684. The monoisotopic (exact) mass is 190 g/mol. The van der Waals surface area contributed by atoms with Crippen molar-refractivity contribution >= 4 is 9.92 Å². The number of nitrogens with one attached hydrogen (secondary N) is 2. The minimum absolute atomic E-state index is 0.314. The highest BCUT2D eigenvalue weighted by Gasteiger charge is 2.38. The predicted molar refractivity (Wildman–Crippen MR) is 51.3 cm³/mol. The van der Waals surface area contributed by atoms with Crippen LogP contribution in [0.3, 0.4) is 0 Å². The summed E-state index contributed by atoms with van der Waals surface area (Å²) >= 11 is 0. The maximum Gasteiger partial charge on any atom is 0.110 e. The highest BCUT2D eigenvalue weighted by molar-refractivity contribution is 7.91. The van der Waals surface area contributed by atoms with Gasteiger partial charge in [0.1, 0.15) is 9.92 Å². The van der Waals surface area contributed by atoms with Crippen molar-refractivity contribution in [3.63, 3.8) is 0 Å². The van der Waals surface area contributed by atoms with Gasteiger partial charge in [-0.1, -0.05) is 6.92 Å². The Morgan fingerprint density at radius 2 is 1.92 bits per heavy atom. The van der Waals surface area contributed by atoms with Gasteiger partial charge in [0, 0.05) is 6.04 Å². The van der Waals surface area contributed by atoms with Crippen LogP contribution in [0.1, 0.15) is 34.1 Å². The summed E-state index contributed by atoms with van der Waals surface area (Å²) in [7, 11) is -2.62. The van der Waals surface area contributed by atoms with Gasteiger partial charge in [0.25, 0.3) is 0 Å². The first-order valence-electron chi connectivity index (χ1n) is 4.29. The Kier molecular flexibility index (Phi) is 2.25. The first-order chi connectivity index (χ1) is 5.24. The van der Waals surface area contributed by atoms with Crippen molar-refractivity contribution in [2.75, 3.05) is 0 Å². The molecule has 0 amide bonds. The molecule has 0 heterocycles. The van der Waals surface area contributed by atoms with Crippen LogP contribution in [-0.2, 0) is 9.92 Å². The number of hydrogen-bond acceptors (Lipinski definition) is 2. The minimum atomic E-state index is -2.62. The van der Waals surface area contributed by atoms with Crippen molar-refractivity contribution in [1.82, 2.24) is 4.72 Å². The Hall–Kier alpha value is -0.0900.